The maximum atomic E-state index is 9.45. The van der Waals surface area contributed by atoms with Crippen LogP contribution >= 0.6 is 0 Å². The molecule has 26 heavy (non-hydrogen) atoms. The van der Waals surface area contributed by atoms with Gasteiger partial charge in [-0.25, -0.2) is 0 Å². The molecule has 0 bridgehead atoms. The van der Waals surface area contributed by atoms with E-state index < -0.39 is 0 Å². The molecule has 1 aliphatic heterocycles. The molecule has 5 nitrogen and oxygen atoms in total. The predicted octanol–water partition coefficient (Wildman–Crippen LogP) is 3.82. The lowest BCUT2D eigenvalue weighted by Gasteiger charge is -2.29. The summed E-state index contributed by atoms with van der Waals surface area (Å²) in [7, 11) is 1.75. The van der Waals surface area contributed by atoms with Crippen LogP contribution in [0.2, 0.25) is 0 Å². The Morgan fingerprint density at radius 1 is 1.19 bits per heavy atom. The number of nitrogens with zero attached hydrogens (tertiary/aromatic N) is 2. The summed E-state index contributed by atoms with van der Waals surface area (Å²) in [6.07, 6.45) is 2.09. The molecule has 0 amide bonds. The van der Waals surface area contributed by atoms with Crippen molar-refractivity contribution in [1.29, 1.82) is 5.26 Å². The monoisotopic (exact) mass is 350 g/mol. The SMILES string of the molecule is CO[C@@H]1CCc2c(Oc3ccc(C#N)c(N4CCOCC4)c3)cccc21. The molecule has 1 fully saturated rings. The van der Waals surface area contributed by atoms with E-state index >= 15 is 0 Å². The molecular formula is C21H22N2O3. The van der Waals surface area contributed by atoms with E-state index in [1.807, 2.05) is 30.3 Å². The highest BCUT2D eigenvalue weighted by Gasteiger charge is 2.25. The minimum Gasteiger partial charge on any atom is -0.457 e. The second-order valence-corrected chi connectivity index (χ2v) is 6.58. The highest BCUT2D eigenvalue weighted by atomic mass is 16.5. The zero-order valence-electron chi connectivity index (χ0n) is 14.9. The number of benzene rings is 2. The van der Waals surface area contributed by atoms with Gasteiger partial charge in [-0.2, -0.15) is 5.26 Å². The predicted molar refractivity (Wildman–Crippen MR) is 98.8 cm³/mol. The van der Waals surface area contributed by atoms with Crippen LogP contribution in [0.4, 0.5) is 5.69 Å². The molecule has 0 spiro atoms. The smallest absolute Gasteiger partial charge is 0.130 e. The lowest BCUT2D eigenvalue weighted by atomic mass is 10.1. The van der Waals surface area contributed by atoms with Crippen molar-refractivity contribution in [3.05, 3.63) is 53.1 Å². The third kappa shape index (κ3) is 3.14. The largest absolute Gasteiger partial charge is 0.457 e. The van der Waals surface area contributed by atoms with E-state index in [0.717, 1.165) is 43.1 Å². The molecule has 0 aromatic heterocycles. The van der Waals surface area contributed by atoms with Crippen molar-refractivity contribution in [1.82, 2.24) is 0 Å². The number of ether oxygens (including phenoxy) is 3. The van der Waals surface area contributed by atoms with Gasteiger partial charge in [0, 0.05) is 31.8 Å². The Hall–Kier alpha value is -2.55. The van der Waals surface area contributed by atoms with Crippen molar-refractivity contribution in [3.8, 4) is 17.6 Å². The van der Waals surface area contributed by atoms with Crippen LogP contribution in [0.1, 0.15) is 29.2 Å². The van der Waals surface area contributed by atoms with Crippen molar-refractivity contribution in [2.24, 2.45) is 0 Å². The van der Waals surface area contributed by atoms with E-state index in [9.17, 15) is 5.26 Å². The summed E-state index contributed by atoms with van der Waals surface area (Å²) in [5.41, 5.74) is 4.01. The Morgan fingerprint density at radius 3 is 2.81 bits per heavy atom. The van der Waals surface area contributed by atoms with Crippen LogP contribution in [0.15, 0.2) is 36.4 Å². The number of methoxy groups -OCH3 is 1. The first-order valence-corrected chi connectivity index (χ1v) is 8.99. The van der Waals surface area contributed by atoms with Crippen LogP contribution in [0.5, 0.6) is 11.5 Å². The molecular weight excluding hydrogens is 328 g/mol. The highest BCUT2D eigenvalue weighted by Crippen LogP contribution is 2.40. The molecule has 0 saturated carbocycles. The van der Waals surface area contributed by atoms with Gasteiger partial charge in [-0.1, -0.05) is 12.1 Å². The van der Waals surface area contributed by atoms with E-state index in [0.29, 0.717) is 18.8 Å². The number of nitriles is 1. The fourth-order valence-electron chi connectivity index (χ4n) is 3.79. The number of anilines is 1. The molecule has 134 valence electrons. The molecule has 2 aliphatic rings. The van der Waals surface area contributed by atoms with Gasteiger partial charge in [0.1, 0.15) is 17.6 Å². The van der Waals surface area contributed by atoms with E-state index in [-0.39, 0.29) is 6.10 Å². The van der Waals surface area contributed by atoms with Crippen molar-refractivity contribution in [3.63, 3.8) is 0 Å². The Balaban J connectivity index is 1.64. The third-order valence-electron chi connectivity index (χ3n) is 5.13. The minimum absolute atomic E-state index is 0.151. The van der Waals surface area contributed by atoms with Gasteiger partial charge in [0.15, 0.2) is 0 Å². The van der Waals surface area contributed by atoms with E-state index in [1.165, 1.54) is 11.1 Å². The van der Waals surface area contributed by atoms with Crippen molar-refractivity contribution in [2.75, 3.05) is 38.3 Å². The Labute approximate surface area is 153 Å². The summed E-state index contributed by atoms with van der Waals surface area (Å²) in [5, 5.41) is 9.45. The summed E-state index contributed by atoms with van der Waals surface area (Å²) in [5.74, 6) is 1.62. The van der Waals surface area contributed by atoms with Gasteiger partial charge in [-0.15, -0.1) is 0 Å². The summed E-state index contributed by atoms with van der Waals surface area (Å²) < 4.78 is 17.2. The van der Waals surface area contributed by atoms with Gasteiger partial charge in [0.05, 0.1) is 30.6 Å². The van der Waals surface area contributed by atoms with Gasteiger partial charge in [-0.05, 0) is 36.6 Å². The lowest BCUT2D eigenvalue weighted by Crippen LogP contribution is -2.36. The highest BCUT2D eigenvalue weighted by molar-refractivity contribution is 5.63. The number of morpholine rings is 1. The van der Waals surface area contributed by atoms with Crippen LogP contribution in [-0.2, 0) is 15.9 Å². The van der Waals surface area contributed by atoms with Gasteiger partial charge >= 0.3 is 0 Å². The molecule has 0 N–H and O–H groups in total. The lowest BCUT2D eigenvalue weighted by molar-refractivity contribution is 0.105. The standard InChI is InChI=1S/C21H22N2O3/c1-24-20-8-7-18-17(20)3-2-4-21(18)26-16-6-5-15(14-22)19(13-16)23-9-11-25-12-10-23/h2-6,13,20H,7-12H2,1H3/t20-/m1/s1. The molecule has 1 aliphatic carbocycles. The Kier molecular flexibility index (Phi) is 4.79. The molecule has 1 atom stereocenters. The number of fused-ring (bicyclic) bond motifs is 1. The normalized spacial score (nSPS) is 19.1. The number of hydrogen-bond donors (Lipinski definition) is 0. The fourth-order valence-corrected chi connectivity index (χ4v) is 3.79. The second kappa shape index (κ2) is 7.36. The summed E-state index contributed by atoms with van der Waals surface area (Å²) in [4.78, 5) is 2.19. The summed E-state index contributed by atoms with van der Waals surface area (Å²) in [6, 6.07) is 14.1. The van der Waals surface area contributed by atoms with Crippen LogP contribution in [0.25, 0.3) is 0 Å². The van der Waals surface area contributed by atoms with Crippen molar-refractivity contribution >= 4 is 5.69 Å². The van der Waals surface area contributed by atoms with Crippen molar-refractivity contribution < 1.29 is 14.2 Å². The summed E-state index contributed by atoms with van der Waals surface area (Å²) in [6.45, 7) is 2.93. The number of hydrogen-bond acceptors (Lipinski definition) is 5. The average molecular weight is 350 g/mol. The van der Waals surface area contributed by atoms with Crippen molar-refractivity contribution in [2.45, 2.75) is 18.9 Å². The second-order valence-electron chi connectivity index (χ2n) is 6.58. The van der Waals surface area contributed by atoms with Crippen LogP contribution in [0, 0.1) is 11.3 Å². The molecule has 5 heteroatoms. The van der Waals surface area contributed by atoms with Gasteiger partial charge in [0.25, 0.3) is 0 Å². The zero-order valence-corrected chi connectivity index (χ0v) is 14.9. The van der Waals surface area contributed by atoms with Gasteiger partial charge in [-0.3, -0.25) is 0 Å². The zero-order chi connectivity index (χ0) is 17.9. The molecule has 4 rings (SSSR count). The first kappa shape index (κ1) is 16.9. The third-order valence-corrected chi connectivity index (χ3v) is 5.13. The molecule has 0 radical (unpaired) electrons. The molecule has 2 aromatic carbocycles. The molecule has 0 unspecified atom stereocenters. The average Bonchev–Trinajstić information content (AvgIpc) is 3.13. The maximum Gasteiger partial charge on any atom is 0.130 e. The maximum absolute atomic E-state index is 9.45. The summed E-state index contributed by atoms with van der Waals surface area (Å²) >= 11 is 0. The van der Waals surface area contributed by atoms with E-state index in [2.05, 4.69) is 17.0 Å². The van der Waals surface area contributed by atoms with Crippen LogP contribution in [-0.4, -0.2) is 33.4 Å². The first-order chi connectivity index (χ1) is 12.8. The van der Waals surface area contributed by atoms with Crippen LogP contribution in [0.3, 0.4) is 0 Å². The topological polar surface area (TPSA) is 54.7 Å². The first-order valence-electron chi connectivity index (χ1n) is 8.99. The minimum atomic E-state index is 0.151. The quantitative estimate of drug-likeness (QED) is 0.839. The fraction of sp³-hybridized carbons (Fsp3) is 0.381. The molecule has 1 saturated heterocycles. The molecule has 1 heterocycles. The van der Waals surface area contributed by atoms with Crippen LogP contribution < -0.4 is 9.64 Å². The molecule has 2 aromatic rings. The Bertz CT molecular complexity index is 838. The van der Waals surface area contributed by atoms with E-state index in [4.69, 9.17) is 14.2 Å². The van der Waals surface area contributed by atoms with E-state index in [1.54, 1.807) is 7.11 Å². The van der Waals surface area contributed by atoms with Gasteiger partial charge in [0.2, 0.25) is 0 Å². The van der Waals surface area contributed by atoms with Gasteiger partial charge < -0.3 is 19.1 Å². The Morgan fingerprint density at radius 2 is 2.04 bits per heavy atom. The number of rotatable bonds is 4.